The minimum absolute atomic E-state index is 0.0314. The molecule has 0 aliphatic carbocycles. The minimum atomic E-state index is -0.861. The molecule has 0 aromatic rings. The molecule has 5 heteroatoms. The highest BCUT2D eigenvalue weighted by molar-refractivity contribution is 5.81. The number of hydrogen-bond donors (Lipinski definition) is 3. The monoisotopic (exact) mass is 230 g/mol. The van der Waals surface area contributed by atoms with Gasteiger partial charge in [0.25, 0.3) is 0 Å². The zero-order chi connectivity index (χ0) is 12.6. The van der Waals surface area contributed by atoms with Crippen LogP contribution in [0.5, 0.6) is 0 Å². The summed E-state index contributed by atoms with van der Waals surface area (Å²) < 4.78 is 0. The Balaban J connectivity index is 3.61. The van der Waals surface area contributed by atoms with Crippen LogP contribution in [0.3, 0.4) is 0 Å². The quantitative estimate of drug-likeness (QED) is 0.570. The maximum absolute atomic E-state index is 11.5. The number of aliphatic carboxylic acids is 1. The molecule has 1 unspecified atom stereocenters. The topological polar surface area (TPSA) is 78.4 Å². The average Bonchev–Trinajstić information content (AvgIpc) is 2.16. The second-order valence-electron chi connectivity index (χ2n) is 4.29. The van der Waals surface area contributed by atoms with Gasteiger partial charge in [-0.1, -0.05) is 13.8 Å². The molecule has 1 atom stereocenters. The van der Waals surface area contributed by atoms with E-state index in [1.54, 1.807) is 6.92 Å². The Kier molecular flexibility index (Phi) is 7.54. The number of hydrogen-bond acceptors (Lipinski definition) is 3. The summed E-state index contributed by atoms with van der Waals surface area (Å²) in [6.45, 7) is 6.91. The van der Waals surface area contributed by atoms with Gasteiger partial charge >= 0.3 is 5.97 Å². The molecule has 0 fully saturated rings. The molecule has 0 heterocycles. The van der Waals surface area contributed by atoms with Gasteiger partial charge in [-0.05, 0) is 19.3 Å². The van der Waals surface area contributed by atoms with Crippen molar-refractivity contribution in [2.24, 2.45) is 5.92 Å². The standard InChI is InChI=1S/C11H22N2O3/c1-8(2)4-6-13-11(16)9(3)12-7-5-10(14)15/h8-9,12H,4-7H2,1-3H3,(H,13,16)(H,14,15). The zero-order valence-corrected chi connectivity index (χ0v) is 10.2. The van der Waals surface area contributed by atoms with Gasteiger partial charge in [-0.2, -0.15) is 0 Å². The fourth-order valence-electron chi connectivity index (χ4n) is 1.13. The minimum Gasteiger partial charge on any atom is -0.481 e. The molecule has 16 heavy (non-hydrogen) atoms. The summed E-state index contributed by atoms with van der Waals surface area (Å²) in [6.07, 6.45) is 0.983. The third-order valence-electron chi connectivity index (χ3n) is 2.20. The molecule has 5 nitrogen and oxygen atoms in total. The van der Waals surface area contributed by atoms with Gasteiger partial charge in [0.1, 0.15) is 0 Å². The van der Waals surface area contributed by atoms with Gasteiger partial charge in [-0.3, -0.25) is 9.59 Å². The Morgan fingerprint density at radius 1 is 1.19 bits per heavy atom. The van der Waals surface area contributed by atoms with Crippen LogP contribution >= 0.6 is 0 Å². The largest absolute Gasteiger partial charge is 0.481 e. The first-order valence-corrected chi connectivity index (χ1v) is 5.66. The van der Waals surface area contributed by atoms with E-state index in [1.807, 2.05) is 0 Å². The molecule has 0 aliphatic heterocycles. The first kappa shape index (κ1) is 14.9. The number of carbonyl (C=O) groups excluding carboxylic acids is 1. The van der Waals surface area contributed by atoms with E-state index in [9.17, 15) is 9.59 Å². The van der Waals surface area contributed by atoms with E-state index >= 15 is 0 Å². The van der Waals surface area contributed by atoms with E-state index in [-0.39, 0.29) is 18.4 Å². The molecule has 3 N–H and O–H groups in total. The summed E-state index contributed by atoms with van der Waals surface area (Å²) in [5.41, 5.74) is 0. The van der Waals surface area contributed by atoms with Gasteiger partial charge < -0.3 is 15.7 Å². The van der Waals surface area contributed by atoms with Crippen LogP contribution in [0.15, 0.2) is 0 Å². The van der Waals surface area contributed by atoms with Gasteiger partial charge in [0.2, 0.25) is 5.91 Å². The van der Waals surface area contributed by atoms with E-state index in [4.69, 9.17) is 5.11 Å². The van der Waals surface area contributed by atoms with Crippen molar-refractivity contribution in [3.05, 3.63) is 0 Å². The molecule has 94 valence electrons. The van der Waals surface area contributed by atoms with E-state index in [0.717, 1.165) is 6.42 Å². The molecule has 0 aliphatic rings. The Bertz CT molecular complexity index is 229. The van der Waals surface area contributed by atoms with Gasteiger partial charge in [-0.15, -0.1) is 0 Å². The van der Waals surface area contributed by atoms with Gasteiger partial charge in [-0.25, -0.2) is 0 Å². The summed E-state index contributed by atoms with van der Waals surface area (Å²) in [5.74, 6) is -0.374. The van der Waals surface area contributed by atoms with Crippen molar-refractivity contribution in [1.82, 2.24) is 10.6 Å². The van der Waals surface area contributed by atoms with Gasteiger partial charge in [0, 0.05) is 13.1 Å². The number of carboxylic acids is 1. The van der Waals surface area contributed by atoms with Crippen molar-refractivity contribution in [3.8, 4) is 0 Å². The molecule has 0 radical (unpaired) electrons. The fourth-order valence-corrected chi connectivity index (χ4v) is 1.13. The number of rotatable bonds is 8. The first-order valence-electron chi connectivity index (χ1n) is 5.66. The van der Waals surface area contributed by atoms with Gasteiger partial charge in [0.15, 0.2) is 0 Å². The molecule has 0 aromatic heterocycles. The number of carbonyl (C=O) groups is 2. The van der Waals surface area contributed by atoms with Crippen molar-refractivity contribution in [3.63, 3.8) is 0 Å². The van der Waals surface area contributed by atoms with E-state index in [0.29, 0.717) is 19.0 Å². The predicted molar refractivity (Wildman–Crippen MR) is 62.2 cm³/mol. The summed E-state index contributed by atoms with van der Waals surface area (Å²) in [4.78, 5) is 21.7. The van der Waals surface area contributed by atoms with Crippen LogP contribution < -0.4 is 10.6 Å². The molecular weight excluding hydrogens is 208 g/mol. The van der Waals surface area contributed by atoms with Crippen LogP contribution in [0.1, 0.15) is 33.6 Å². The smallest absolute Gasteiger partial charge is 0.304 e. The highest BCUT2D eigenvalue weighted by Crippen LogP contribution is 1.96. The van der Waals surface area contributed by atoms with Crippen LogP contribution in [-0.4, -0.2) is 36.1 Å². The van der Waals surface area contributed by atoms with Gasteiger partial charge in [0.05, 0.1) is 12.5 Å². The van der Waals surface area contributed by atoms with Crippen molar-refractivity contribution >= 4 is 11.9 Å². The number of amides is 1. The molecule has 0 rings (SSSR count). The van der Waals surface area contributed by atoms with Crippen molar-refractivity contribution in [2.45, 2.75) is 39.7 Å². The normalized spacial score (nSPS) is 12.5. The molecule has 0 spiro atoms. The SMILES string of the molecule is CC(C)CCNC(=O)C(C)NCCC(=O)O. The predicted octanol–water partition coefficient (Wildman–Crippen LogP) is 0.601. The second kappa shape index (κ2) is 8.10. The Morgan fingerprint density at radius 3 is 2.31 bits per heavy atom. The second-order valence-corrected chi connectivity index (χ2v) is 4.29. The molecule has 0 bridgehead atoms. The zero-order valence-electron chi connectivity index (χ0n) is 10.2. The number of nitrogens with one attached hydrogen (secondary N) is 2. The van der Waals surface area contributed by atoms with Crippen molar-refractivity contribution in [2.75, 3.05) is 13.1 Å². The highest BCUT2D eigenvalue weighted by atomic mass is 16.4. The van der Waals surface area contributed by atoms with E-state index in [2.05, 4.69) is 24.5 Å². The lowest BCUT2D eigenvalue weighted by Gasteiger charge is -2.13. The Labute approximate surface area is 96.6 Å². The van der Waals surface area contributed by atoms with Crippen molar-refractivity contribution < 1.29 is 14.7 Å². The molecule has 0 saturated heterocycles. The molecule has 0 aromatic carbocycles. The van der Waals surface area contributed by atoms with Crippen LogP contribution in [-0.2, 0) is 9.59 Å². The van der Waals surface area contributed by atoms with Crippen molar-refractivity contribution in [1.29, 1.82) is 0 Å². The Morgan fingerprint density at radius 2 is 1.81 bits per heavy atom. The highest BCUT2D eigenvalue weighted by Gasteiger charge is 2.11. The molecule has 0 saturated carbocycles. The lowest BCUT2D eigenvalue weighted by molar-refractivity contribution is -0.137. The maximum Gasteiger partial charge on any atom is 0.304 e. The average molecular weight is 230 g/mol. The summed E-state index contributed by atoms with van der Waals surface area (Å²) in [6, 6.07) is -0.341. The summed E-state index contributed by atoms with van der Waals surface area (Å²) in [7, 11) is 0. The fraction of sp³-hybridized carbons (Fsp3) is 0.818. The summed E-state index contributed by atoms with van der Waals surface area (Å²) >= 11 is 0. The van der Waals surface area contributed by atoms with Crippen LogP contribution in [0.2, 0.25) is 0 Å². The van der Waals surface area contributed by atoms with Crippen LogP contribution in [0, 0.1) is 5.92 Å². The molecule has 1 amide bonds. The third kappa shape index (κ3) is 8.23. The summed E-state index contributed by atoms with van der Waals surface area (Å²) in [5, 5.41) is 14.1. The number of carboxylic acid groups (broad SMARTS) is 1. The lowest BCUT2D eigenvalue weighted by Crippen LogP contribution is -2.43. The molecular formula is C11H22N2O3. The van der Waals surface area contributed by atoms with Crippen LogP contribution in [0.4, 0.5) is 0 Å². The van der Waals surface area contributed by atoms with E-state index < -0.39 is 5.97 Å². The lowest BCUT2D eigenvalue weighted by atomic mass is 10.1. The first-order chi connectivity index (χ1) is 7.43. The van der Waals surface area contributed by atoms with Crippen LogP contribution in [0.25, 0.3) is 0 Å². The Hall–Kier alpha value is -1.10. The third-order valence-corrected chi connectivity index (χ3v) is 2.20. The maximum atomic E-state index is 11.5. The van der Waals surface area contributed by atoms with E-state index in [1.165, 1.54) is 0 Å².